The fourth-order valence-corrected chi connectivity index (χ4v) is 5.55. The van der Waals surface area contributed by atoms with E-state index in [-0.39, 0.29) is 36.6 Å². The molecule has 4 heterocycles. The summed E-state index contributed by atoms with van der Waals surface area (Å²) in [5.74, 6) is 0.0380. The molecule has 0 radical (unpaired) electrons. The van der Waals surface area contributed by atoms with E-state index in [1.54, 1.807) is 17.4 Å². The molecule has 1 aromatic carbocycles. The summed E-state index contributed by atoms with van der Waals surface area (Å²) < 4.78 is 0. The molecule has 172 valence electrons. The second kappa shape index (κ2) is 8.71. The van der Waals surface area contributed by atoms with Gasteiger partial charge in [-0.25, -0.2) is 5.43 Å². The number of nitrogens with one attached hydrogen (secondary N) is 2. The molecule has 2 saturated heterocycles. The van der Waals surface area contributed by atoms with Gasteiger partial charge in [-0.1, -0.05) is 6.07 Å². The van der Waals surface area contributed by atoms with Gasteiger partial charge < -0.3 is 5.32 Å². The number of carbonyl (C=O) groups excluding carboxylic acids is 1. The largest absolute Gasteiger partial charge is 0.327 e. The number of hydrogen-bond donors (Lipinski definition) is 2. The number of hydrogen-bond acceptors (Lipinski definition) is 8. The predicted molar refractivity (Wildman–Crippen MR) is 124 cm³/mol. The molecule has 3 aliphatic rings. The van der Waals surface area contributed by atoms with Crippen molar-refractivity contribution < 1.29 is 4.79 Å². The van der Waals surface area contributed by atoms with Gasteiger partial charge in [-0.2, -0.15) is 5.26 Å². The maximum absolute atomic E-state index is 12.5. The van der Waals surface area contributed by atoms with Gasteiger partial charge in [0.05, 0.1) is 28.8 Å². The molecule has 3 unspecified atom stereocenters. The maximum atomic E-state index is 12.5. The smallest absolute Gasteiger partial charge is 0.225 e. The number of nitriles is 1. The minimum atomic E-state index is -0.00580. The van der Waals surface area contributed by atoms with Gasteiger partial charge >= 0.3 is 0 Å². The van der Waals surface area contributed by atoms with Crippen molar-refractivity contribution >= 4 is 16.9 Å². The van der Waals surface area contributed by atoms with Crippen molar-refractivity contribution in [1.29, 1.82) is 5.26 Å². The van der Waals surface area contributed by atoms with Gasteiger partial charge in [0.15, 0.2) is 0 Å². The lowest BCUT2D eigenvalue weighted by molar-refractivity contribution is -0.124. The van der Waals surface area contributed by atoms with Gasteiger partial charge in [0.1, 0.15) is 6.54 Å². The molecule has 1 amide bonds. The van der Waals surface area contributed by atoms with Crippen LogP contribution in [0.4, 0.5) is 0 Å². The Kier molecular flexibility index (Phi) is 5.74. The van der Waals surface area contributed by atoms with E-state index in [2.05, 4.69) is 69.5 Å². The lowest BCUT2D eigenvalue weighted by Gasteiger charge is -2.51. The van der Waals surface area contributed by atoms with Crippen LogP contribution in [0.1, 0.15) is 38.8 Å². The topological polar surface area (TPSA) is 100 Å². The minimum absolute atomic E-state index is 0.00580. The molecule has 3 aliphatic heterocycles. The third-order valence-electron chi connectivity index (χ3n) is 7.22. The second-order valence-electron chi connectivity index (χ2n) is 9.37. The fraction of sp³-hybridized carbons (Fsp3) is 0.500. The molecule has 0 aliphatic carbocycles. The van der Waals surface area contributed by atoms with Gasteiger partial charge in [-0.15, -0.1) is 0 Å². The van der Waals surface area contributed by atoms with Crippen LogP contribution in [-0.4, -0.2) is 74.5 Å². The Bertz CT molecular complexity index is 1130. The van der Waals surface area contributed by atoms with Crippen molar-refractivity contribution in [2.45, 2.75) is 57.4 Å². The molecule has 0 bridgehead atoms. The van der Waals surface area contributed by atoms with E-state index >= 15 is 0 Å². The molecular formula is C24H30N8O. The summed E-state index contributed by atoms with van der Waals surface area (Å²) in [6, 6.07) is 9.41. The van der Waals surface area contributed by atoms with Gasteiger partial charge in [0.2, 0.25) is 5.91 Å². The number of nitrogens with zero attached hydrogens (tertiary/aromatic N) is 6. The van der Waals surface area contributed by atoms with Crippen LogP contribution in [0.15, 0.2) is 42.5 Å². The molecule has 1 aromatic heterocycles. The molecule has 33 heavy (non-hydrogen) atoms. The third-order valence-corrected chi connectivity index (χ3v) is 7.22. The lowest BCUT2D eigenvalue weighted by Crippen LogP contribution is -2.66. The Morgan fingerprint density at radius 3 is 2.76 bits per heavy atom. The van der Waals surface area contributed by atoms with E-state index in [0.29, 0.717) is 12.5 Å². The monoisotopic (exact) mass is 446 g/mol. The fourth-order valence-electron chi connectivity index (χ4n) is 5.55. The first-order valence-corrected chi connectivity index (χ1v) is 11.6. The van der Waals surface area contributed by atoms with E-state index in [1.165, 1.54) is 5.56 Å². The average Bonchev–Trinajstić information content (AvgIpc) is 3.21. The summed E-state index contributed by atoms with van der Waals surface area (Å²) in [5.41, 5.74) is 7.34. The normalized spacial score (nSPS) is 29.3. The number of hydrazine groups is 1. The first-order valence-electron chi connectivity index (χ1n) is 11.6. The molecule has 2 aromatic rings. The Labute approximate surface area is 194 Å². The van der Waals surface area contributed by atoms with Crippen LogP contribution in [0, 0.1) is 11.3 Å². The summed E-state index contributed by atoms with van der Waals surface area (Å²) in [6.07, 6.45) is 5.76. The van der Waals surface area contributed by atoms with Gasteiger partial charge in [0, 0.05) is 62.3 Å². The molecular weight excluding hydrogens is 416 g/mol. The Morgan fingerprint density at radius 2 is 1.97 bits per heavy atom. The van der Waals surface area contributed by atoms with Crippen molar-refractivity contribution in [3.63, 3.8) is 0 Å². The molecule has 0 saturated carbocycles. The number of aromatic nitrogens is 2. The highest BCUT2D eigenvalue weighted by atomic mass is 16.1. The molecule has 2 N–H and O–H groups in total. The average molecular weight is 447 g/mol. The standard InChI is InChI=1S/C24H30N8O/c1-15-13-32(22-11-23(33)28-21-14-30(9-6-25)29-24(21)22)16(2)12-31(15)17(3)18-4-5-19-20(10-18)27-8-7-26-19/h4-5,7-8,10,14-17,22,24,29H,9,11-13H2,1-3H3,(H,28,33)/t15-,16+,17?,22?,24?/m1/s1. The van der Waals surface area contributed by atoms with Crippen molar-refractivity contribution in [3.8, 4) is 6.07 Å². The molecule has 5 rings (SSSR count). The summed E-state index contributed by atoms with van der Waals surface area (Å²) in [6.45, 7) is 8.79. The molecule has 9 nitrogen and oxygen atoms in total. The van der Waals surface area contributed by atoms with Crippen molar-refractivity contribution in [2.24, 2.45) is 0 Å². The molecule has 5 atom stereocenters. The van der Waals surface area contributed by atoms with Crippen LogP contribution in [0.5, 0.6) is 0 Å². The summed E-state index contributed by atoms with van der Waals surface area (Å²) in [5, 5.41) is 13.8. The Hall–Kier alpha value is -3.06. The Morgan fingerprint density at radius 1 is 1.18 bits per heavy atom. The van der Waals surface area contributed by atoms with Crippen LogP contribution in [0.3, 0.4) is 0 Å². The van der Waals surface area contributed by atoms with E-state index in [4.69, 9.17) is 5.26 Å². The summed E-state index contributed by atoms with van der Waals surface area (Å²) >= 11 is 0. The molecule has 9 heteroatoms. The van der Waals surface area contributed by atoms with E-state index in [0.717, 1.165) is 29.8 Å². The zero-order chi connectivity index (χ0) is 23.1. The van der Waals surface area contributed by atoms with Crippen molar-refractivity contribution in [1.82, 2.24) is 35.5 Å². The maximum Gasteiger partial charge on any atom is 0.225 e. The first kappa shape index (κ1) is 21.8. The number of rotatable bonds is 4. The van der Waals surface area contributed by atoms with Crippen LogP contribution in [0.25, 0.3) is 11.0 Å². The Balaban J connectivity index is 1.33. The lowest BCUT2D eigenvalue weighted by atomic mass is 9.92. The second-order valence-corrected chi connectivity index (χ2v) is 9.37. The SMILES string of the molecule is CC(c1ccc2nccnc2c1)N1C[C@H](C)N(C2CC(=O)NC3=CN(CC#N)NC32)C[C@H]1C. The number of amides is 1. The van der Waals surface area contributed by atoms with E-state index in [9.17, 15) is 4.79 Å². The van der Waals surface area contributed by atoms with Crippen LogP contribution in [-0.2, 0) is 4.79 Å². The van der Waals surface area contributed by atoms with Crippen LogP contribution < -0.4 is 10.7 Å². The number of carbonyl (C=O) groups is 1. The highest BCUT2D eigenvalue weighted by Gasteiger charge is 2.44. The zero-order valence-corrected chi connectivity index (χ0v) is 19.3. The third kappa shape index (κ3) is 4.06. The number of fused-ring (bicyclic) bond motifs is 2. The van der Waals surface area contributed by atoms with E-state index in [1.807, 2.05) is 12.3 Å². The number of piperidine rings is 1. The highest BCUT2D eigenvalue weighted by molar-refractivity contribution is 5.80. The molecule has 0 spiro atoms. The van der Waals surface area contributed by atoms with Crippen molar-refractivity contribution in [3.05, 3.63) is 48.1 Å². The molecule has 2 fully saturated rings. The number of benzene rings is 1. The van der Waals surface area contributed by atoms with E-state index < -0.39 is 0 Å². The van der Waals surface area contributed by atoms with Crippen LogP contribution in [0.2, 0.25) is 0 Å². The zero-order valence-electron chi connectivity index (χ0n) is 19.3. The summed E-state index contributed by atoms with van der Waals surface area (Å²) in [7, 11) is 0. The quantitative estimate of drug-likeness (QED) is 0.682. The summed E-state index contributed by atoms with van der Waals surface area (Å²) in [4.78, 5) is 26.3. The minimum Gasteiger partial charge on any atom is -0.327 e. The first-order chi connectivity index (χ1) is 15.9. The van der Waals surface area contributed by atoms with Gasteiger partial charge in [-0.05, 0) is 38.5 Å². The predicted octanol–water partition coefficient (Wildman–Crippen LogP) is 1.53. The van der Waals surface area contributed by atoms with Gasteiger partial charge in [-0.3, -0.25) is 29.6 Å². The number of piperazine rings is 1. The van der Waals surface area contributed by atoms with Crippen molar-refractivity contribution in [2.75, 3.05) is 19.6 Å². The highest BCUT2D eigenvalue weighted by Crippen LogP contribution is 2.32. The van der Waals surface area contributed by atoms with Gasteiger partial charge in [0.25, 0.3) is 0 Å². The van der Waals surface area contributed by atoms with Crippen LogP contribution >= 0.6 is 0 Å².